The molecule has 0 spiro atoms. The smallest absolute Gasteiger partial charge is 0.462 e. The monoisotopic (exact) mass is 365 g/mol. The molecule has 0 aliphatic carbocycles. The molecule has 1 heterocycles. The molecule has 21 heavy (non-hydrogen) atoms. The van der Waals surface area contributed by atoms with Crippen LogP contribution in [0.25, 0.3) is 0 Å². The van der Waals surface area contributed by atoms with Gasteiger partial charge in [0.1, 0.15) is 18.1 Å². The van der Waals surface area contributed by atoms with E-state index >= 15 is 0 Å². The third kappa shape index (κ3) is 4.68. The number of hydrogen-bond acceptors (Lipinski definition) is 4. The third-order valence-electron chi connectivity index (χ3n) is 2.50. The van der Waals surface area contributed by atoms with E-state index in [-0.39, 0.29) is 24.6 Å². The summed E-state index contributed by atoms with van der Waals surface area (Å²) in [6, 6.07) is 7.48. The van der Waals surface area contributed by atoms with Crippen LogP contribution in [0.3, 0.4) is 0 Å². The fraction of sp³-hybridized carbons (Fsp3) is 0.231. The number of halogens is 4. The van der Waals surface area contributed by atoms with Gasteiger partial charge in [0.2, 0.25) is 0 Å². The zero-order valence-electron chi connectivity index (χ0n) is 10.6. The van der Waals surface area contributed by atoms with Crippen molar-refractivity contribution in [1.82, 2.24) is 0 Å². The Kier molecular flexibility index (Phi) is 4.79. The summed E-state index contributed by atoms with van der Waals surface area (Å²) in [5, 5.41) is 11.7. The standard InChI is InChI=1S/C13H11BrF3NO3/c14-8-1-4-11(12(5-8)21-13(15,16)17)18-6-9-2-3-10(7-19)20-9/h1-5,18-19H,6-7H2. The van der Waals surface area contributed by atoms with Crippen LogP contribution in [-0.4, -0.2) is 11.5 Å². The highest BCUT2D eigenvalue weighted by atomic mass is 79.9. The normalized spacial score (nSPS) is 11.5. The average Bonchev–Trinajstić information content (AvgIpc) is 2.84. The van der Waals surface area contributed by atoms with E-state index in [1.807, 2.05) is 0 Å². The lowest BCUT2D eigenvalue weighted by Crippen LogP contribution is -2.18. The van der Waals surface area contributed by atoms with Crippen LogP contribution in [0, 0.1) is 0 Å². The lowest BCUT2D eigenvalue weighted by molar-refractivity contribution is -0.274. The minimum absolute atomic E-state index is 0.163. The molecule has 2 rings (SSSR count). The summed E-state index contributed by atoms with van der Waals surface area (Å²) in [4.78, 5) is 0. The molecule has 1 aromatic carbocycles. The van der Waals surface area contributed by atoms with Crippen molar-refractivity contribution in [3.8, 4) is 5.75 Å². The highest BCUT2D eigenvalue weighted by Gasteiger charge is 2.32. The van der Waals surface area contributed by atoms with Gasteiger partial charge in [-0.2, -0.15) is 0 Å². The van der Waals surface area contributed by atoms with Gasteiger partial charge in [-0.25, -0.2) is 0 Å². The number of ether oxygens (including phenoxy) is 1. The lowest BCUT2D eigenvalue weighted by Gasteiger charge is -2.14. The van der Waals surface area contributed by atoms with Crippen LogP contribution in [0.5, 0.6) is 5.75 Å². The minimum atomic E-state index is -4.77. The third-order valence-corrected chi connectivity index (χ3v) is 2.99. The van der Waals surface area contributed by atoms with Crippen LogP contribution in [0.1, 0.15) is 11.5 Å². The van der Waals surface area contributed by atoms with Crippen LogP contribution < -0.4 is 10.1 Å². The number of anilines is 1. The van der Waals surface area contributed by atoms with Crippen LogP contribution >= 0.6 is 15.9 Å². The van der Waals surface area contributed by atoms with E-state index in [1.165, 1.54) is 12.1 Å². The molecule has 0 amide bonds. The van der Waals surface area contributed by atoms with E-state index in [9.17, 15) is 13.2 Å². The van der Waals surface area contributed by atoms with E-state index in [0.717, 1.165) is 0 Å². The molecule has 2 N–H and O–H groups in total. The number of aliphatic hydroxyl groups is 1. The van der Waals surface area contributed by atoms with Gasteiger partial charge in [0, 0.05) is 4.47 Å². The molecule has 0 aliphatic heterocycles. The van der Waals surface area contributed by atoms with Gasteiger partial charge in [-0.1, -0.05) is 15.9 Å². The first-order chi connectivity index (χ1) is 9.87. The minimum Gasteiger partial charge on any atom is -0.462 e. The van der Waals surface area contributed by atoms with Gasteiger partial charge in [0.05, 0.1) is 12.2 Å². The summed E-state index contributed by atoms with van der Waals surface area (Å²) in [7, 11) is 0. The summed E-state index contributed by atoms with van der Waals surface area (Å²) < 4.78 is 46.7. The molecule has 0 unspecified atom stereocenters. The second-order valence-electron chi connectivity index (χ2n) is 4.07. The fourth-order valence-corrected chi connectivity index (χ4v) is 1.98. The second-order valence-corrected chi connectivity index (χ2v) is 4.98. The molecule has 0 bridgehead atoms. The Hall–Kier alpha value is -1.67. The van der Waals surface area contributed by atoms with Gasteiger partial charge < -0.3 is 19.6 Å². The Balaban J connectivity index is 2.11. The van der Waals surface area contributed by atoms with Crippen LogP contribution in [0.4, 0.5) is 18.9 Å². The largest absolute Gasteiger partial charge is 0.573 e. The first kappa shape index (κ1) is 15.7. The van der Waals surface area contributed by atoms with Crippen molar-refractivity contribution in [1.29, 1.82) is 0 Å². The maximum absolute atomic E-state index is 12.4. The van der Waals surface area contributed by atoms with E-state index < -0.39 is 6.36 Å². The average molecular weight is 366 g/mol. The van der Waals surface area contributed by atoms with Crippen molar-refractivity contribution in [2.24, 2.45) is 0 Å². The van der Waals surface area contributed by atoms with Crippen molar-refractivity contribution < 1.29 is 27.4 Å². The van der Waals surface area contributed by atoms with Gasteiger partial charge in [-0.05, 0) is 30.3 Å². The van der Waals surface area contributed by atoms with Crippen LogP contribution in [-0.2, 0) is 13.2 Å². The Morgan fingerprint density at radius 1 is 1.19 bits per heavy atom. The number of aliphatic hydroxyl groups excluding tert-OH is 1. The molecule has 8 heteroatoms. The van der Waals surface area contributed by atoms with E-state index in [0.29, 0.717) is 16.0 Å². The summed E-state index contributed by atoms with van der Waals surface area (Å²) in [6.07, 6.45) is -4.77. The molecule has 0 saturated heterocycles. The summed E-state index contributed by atoms with van der Waals surface area (Å²) in [6.45, 7) is -0.0728. The first-order valence-electron chi connectivity index (χ1n) is 5.85. The van der Waals surface area contributed by atoms with E-state index in [2.05, 4.69) is 26.0 Å². The Labute approximate surface area is 126 Å². The second kappa shape index (κ2) is 6.40. The predicted octanol–water partition coefficient (Wildman–Crippen LogP) is 4.05. The van der Waals surface area contributed by atoms with Crippen molar-refractivity contribution in [2.75, 3.05) is 5.32 Å². The van der Waals surface area contributed by atoms with Crippen LogP contribution in [0.2, 0.25) is 0 Å². The quantitative estimate of drug-likeness (QED) is 0.839. The maximum atomic E-state index is 12.4. The van der Waals surface area contributed by atoms with Gasteiger partial charge in [-0.15, -0.1) is 13.2 Å². The summed E-state index contributed by atoms with van der Waals surface area (Å²) in [5.74, 6) is 0.528. The van der Waals surface area contributed by atoms with Crippen LogP contribution in [0.15, 0.2) is 39.2 Å². The van der Waals surface area contributed by atoms with Crippen molar-refractivity contribution in [2.45, 2.75) is 19.5 Å². The summed E-state index contributed by atoms with van der Waals surface area (Å²) in [5.41, 5.74) is 0.178. The molecule has 114 valence electrons. The van der Waals surface area contributed by atoms with Gasteiger partial charge in [-0.3, -0.25) is 0 Å². The van der Waals surface area contributed by atoms with Crippen molar-refractivity contribution in [3.63, 3.8) is 0 Å². The molecule has 1 aromatic heterocycles. The SMILES string of the molecule is OCc1ccc(CNc2ccc(Br)cc2OC(F)(F)F)o1. The molecule has 2 aromatic rings. The highest BCUT2D eigenvalue weighted by Crippen LogP contribution is 2.33. The first-order valence-corrected chi connectivity index (χ1v) is 6.64. The van der Waals surface area contributed by atoms with Crippen molar-refractivity contribution in [3.05, 3.63) is 46.3 Å². The number of benzene rings is 1. The predicted molar refractivity (Wildman–Crippen MR) is 72.8 cm³/mol. The lowest BCUT2D eigenvalue weighted by atomic mass is 10.3. The Bertz CT molecular complexity index is 613. The zero-order chi connectivity index (χ0) is 15.5. The number of alkyl halides is 3. The maximum Gasteiger partial charge on any atom is 0.573 e. The molecule has 0 aliphatic rings. The van der Waals surface area contributed by atoms with E-state index in [4.69, 9.17) is 9.52 Å². The molecule has 0 atom stereocenters. The zero-order valence-corrected chi connectivity index (χ0v) is 12.2. The molecule has 4 nitrogen and oxygen atoms in total. The van der Waals surface area contributed by atoms with Gasteiger partial charge >= 0.3 is 6.36 Å². The number of hydrogen-bond donors (Lipinski definition) is 2. The topological polar surface area (TPSA) is 54.6 Å². The Morgan fingerprint density at radius 2 is 1.90 bits per heavy atom. The Morgan fingerprint density at radius 3 is 2.52 bits per heavy atom. The van der Waals surface area contributed by atoms with E-state index in [1.54, 1.807) is 18.2 Å². The fourth-order valence-electron chi connectivity index (χ4n) is 1.64. The number of nitrogens with one attached hydrogen (secondary N) is 1. The highest BCUT2D eigenvalue weighted by molar-refractivity contribution is 9.10. The van der Waals surface area contributed by atoms with Gasteiger partial charge in [0.15, 0.2) is 5.75 Å². The van der Waals surface area contributed by atoms with Crippen molar-refractivity contribution >= 4 is 21.6 Å². The van der Waals surface area contributed by atoms with Gasteiger partial charge in [0.25, 0.3) is 0 Å². The number of furan rings is 1. The molecule has 0 fully saturated rings. The molecular formula is C13H11BrF3NO3. The molecular weight excluding hydrogens is 355 g/mol. The summed E-state index contributed by atoms with van der Waals surface area (Å²) >= 11 is 3.09. The molecule has 0 radical (unpaired) electrons. The number of rotatable bonds is 5. The molecule has 0 saturated carbocycles.